The first kappa shape index (κ1) is 21.2. The SMILES string of the molecule is O=C1COCCN1c1ccc(Nc2ncc(C(F)(F)F)c(N3C[C@H](F)[C@@H](F)C3)n2)cc1. The first-order valence-corrected chi connectivity index (χ1v) is 9.45. The van der Waals surface area contributed by atoms with E-state index in [4.69, 9.17) is 4.74 Å². The van der Waals surface area contributed by atoms with E-state index >= 15 is 0 Å². The molecule has 1 amide bonds. The van der Waals surface area contributed by atoms with Crippen molar-refractivity contribution in [3.63, 3.8) is 0 Å². The number of benzene rings is 1. The van der Waals surface area contributed by atoms with Gasteiger partial charge in [0, 0.05) is 24.1 Å². The van der Waals surface area contributed by atoms with Gasteiger partial charge in [-0.05, 0) is 24.3 Å². The monoisotopic (exact) mass is 443 g/mol. The molecule has 4 rings (SSSR count). The number of alkyl halides is 5. The van der Waals surface area contributed by atoms with E-state index in [1.807, 2.05) is 0 Å². The minimum atomic E-state index is -4.78. The summed E-state index contributed by atoms with van der Waals surface area (Å²) in [5.41, 5.74) is -0.0585. The third-order valence-corrected chi connectivity index (χ3v) is 4.98. The Morgan fingerprint density at radius 2 is 1.77 bits per heavy atom. The van der Waals surface area contributed by atoms with Crippen LogP contribution in [0.2, 0.25) is 0 Å². The highest BCUT2D eigenvalue weighted by Crippen LogP contribution is 2.37. The third-order valence-electron chi connectivity index (χ3n) is 4.98. The van der Waals surface area contributed by atoms with Crippen molar-refractivity contribution in [3.05, 3.63) is 36.0 Å². The summed E-state index contributed by atoms with van der Waals surface area (Å²) in [5.74, 6) is -0.912. The van der Waals surface area contributed by atoms with Crippen LogP contribution in [0.1, 0.15) is 5.56 Å². The molecule has 0 bridgehead atoms. The molecule has 1 aromatic carbocycles. The van der Waals surface area contributed by atoms with Gasteiger partial charge in [-0.15, -0.1) is 0 Å². The van der Waals surface area contributed by atoms with Crippen LogP contribution in [0.25, 0.3) is 0 Å². The Labute approximate surface area is 173 Å². The Hall–Kier alpha value is -3.02. The van der Waals surface area contributed by atoms with Crippen LogP contribution in [-0.4, -0.2) is 61.1 Å². The van der Waals surface area contributed by atoms with Crippen molar-refractivity contribution in [1.82, 2.24) is 9.97 Å². The maximum absolute atomic E-state index is 13.6. The Bertz CT molecular complexity index is 946. The first-order chi connectivity index (χ1) is 14.7. The second-order valence-electron chi connectivity index (χ2n) is 7.14. The van der Waals surface area contributed by atoms with Gasteiger partial charge in [0.1, 0.15) is 18.0 Å². The molecule has 0 unspecified atom stereocenters. The molecule has 7 nitrogen and oxygen atoms in total. The van der Waals surface area contributed by atoms with Crippen molar-refractivity contribution in [2.24, 2.45) is 0 Å². The smallest absolute Gasteiger partial charge is 0.370 e. The molecule has 1 N–H and O–H groups in total. The number of anilines is 4. The van der Waals surface area contributed by atoms with Crippen molar-refractivity contribution < 1.29 is 31.5 Å². The summed E-state index contributed by atoms with van der Waals surface area (Å²) >= 11 is 0. The molecule has 0 spiro atoms. The van der Waals surface area contributed by atoms with Crippen molar-refractivity contribution in [1.29, 1.82) is 0 Å². The normalized spacial score (nSPS) is 22.2. The number of carbonyl (C=O) groups excluding carboxylic acids is 1. The summed E-state index contributed by atoms with van der Waals surface area (Å²) in [6.45, 7) is -0.216. The van der Waals surface area contributed by atoms with Gasteiger partial charge in [-0.1, -0.05) is 0 Å². The summed E-state index contributed by atoms with van der Waals surface area (Å²) in [5, 5.41) is 2.78. The zero-order chi connectivity index (χ0) is 22.2. The van der Waals surface area contributed by atoms with Gasteiger partial charge in [0.25, 0.3) is 5.91 Å². The summed E-state index contributed by atoms with van der Waals surface area (Å²) in [7, 11) is 0. The summed E-state index contributed by atoms with van der Waals surface area (Å²) in [4.78, 5) is 22.0. The predicted octanol–water partition coefficient (Wildman–Crippen LogP) is 3.10. The Morgan fingerprint density at radius 3 is 2.39 bits per heavy atom. The van der Waals surface area contributed by atoms with Gasteiger partial charge < -0.3 is 19.9 Å². The largest absolute Gasteiger partial charge is 0.421 e. The molecule has 2 fully saturated rings. The fourth-order valence-corrected chi connectivity index (χ4v) is 3.42. The molecule has 2 saturated heterocycles. The zero-order valence-electron chi connectivity index (χ0n) is 16.1. The summed E-state index contributed by atoms with van der Waals surface area (Å²) in [6.07, 6.45) is -7.96. The Balaban J connectivity index is 1.56. The van der Waals surface area contributed by atoms with E-state index in [1.165, 1.54) is 0 Å². The number of nitrogens with zero attached hydrogens (tertiary/aromatic N) is 4. The van der Waals surface area contributed by atoms with E-state index in [9.17, 15) is 26.7 Å². The number of carbonyl (C=O) groups is 1. The maximum Gasteiger partial charge on any atom is 0.421 e. The fraction of sp³-hybridized carbons (Fsp3) is 0.421. The van der Waals surface area contributed by atoms with Crippen molar-refractivity contribution in [2.75, 3.05) is 48.0 Å². The first-order valence-electron chi connectivity index (χ1n) is 9.45. The molecular formula is C19H18F5N5O2. The molecular weight excluding hydrogens is 425 g/mol. The molecule has 2 atom stereocenters. The maximum atomic E-state index is 13.6. The van der Waals surface area contributed by atoms with Gasteiger partial charge in [-0.3, -0.25) is 4.79 Å². The number of ether oxygens (including phenoxy) is 1. The van der Waals surface area contributed by atoms with Crippen molar-refractivity contribution in [3.8, 4) is 0 Å². The molecule has 2 aromatic rings. The second kappa shape index (κ2) is 8.25. The number of rotatable bonds is 4. The van der Waals surface area contributed by atoms with Crippen LogP contribution in [0, 0.1) is 0 Å². The molecule has 12 heteroatoms. The van der Waals surface area contributed by atoms with Gasteiger partial charge in [0.2, 0.25) is 5.95 Å². The van der Waals surface area contributed by atoms with Crippen LogP contribution in [0.3, 0.4) is 0 Å². The quantitative estimate of drug-likeness (QED) is 0.733. The van der Waals surface area contributed by atoms with Crippen LogP contribution < -0.4 is 15.1 Å². The van der Waals surface area contributed by atoms with Crippen LogP contribution in [0.4, 0.5) is 45.1 Å². The van der Waals surface area contributed by atoms with Gasteiger partial charge in [-0.25, -0.2) is 13.8 Å². The molecule has 3 heterocycles. The number of nitrogens with one attached hydrogen (secondary N) is 1. The number of morpholine rings is 1. The number of hydrogen-bond donors (Lipinski definition) is 1. The highest BCUT2D eigenvalue weighted by atomic mass is 19.4. The lowest BCUT2D eigenvalue weighted by molar-refractivity contribution is -0.137. The minimum Gasteiger partial charge on any atom is -0.370 e. The van der Waals surface area contributed by atoms with E-state index < -0.39 is 43.0 Å². The molecule has 0 aliphatic carbocycles. The van der Waals surface area contributed by atoms with Crippen molar-refractivity contribution >= 4 is 29.0 Å². The zero-order valence-corrected chi connectivity index (χ0v) is 16.1. The topological polar surface area (TPSA) is 70.6 Å². The van der Waals surface area contributed by atoms with Crippen LogP contribution >= 0.6 is 0 Å². The van der Waals surface area contributed by atoms with E-state index in [0.717, 1.165) is 4.90 Å². The number of aromatic nitrogens is 2. The van der Waals surface area contributed by atoms with Crippen molar-refractivity contribution in [2.45, 2.75) is 18.5 Å². The number of halogens is 5. The molecule has 2 aliphatic rings. The average Bonchev–Trinajstić information content (AvgIpc) is 3.07. The molecule has 2 aliphatic heterocycles. The second-order valence-corrected chi connectivity index (χ2v) is 7.14. The standard InChI is InChI=1S/C19H18F5N5O2/c20-14-8-28(9-15(14)21)17-13(19(22,23)24)7-25-18(27-17)26-11-1-3-12(4-2-11)29-5-6-31-10-16(29)30/h1-4,7,14-15H,5-6,8-10H2,(H,25,26,27)/t14-,15-/m0/s1. The van der Waals surface area contributed by atoms with Crippen LogP contribution in [-0.2, 0) is 15.7 Å². The van der Waals surface area contributed by atoms with E-state index in [1.54, 1.807) is 29.2 Å². The molecule has 31 heavy (non-hydrogen) atoms. The molecule has 0 radical (unpaired) electrons. The lowest BCUT2D eigenvalue weighted by Gasteiger charge is -2.27. The van der Waals surface area contributed by atoms with Gasteiger partial charge in [0.15, 0.2) is 12.3 Å². The Kier molecular flexibility index (Phi) is 5.65. The number of hydrogen-bond acceptors (Lipinski definition) is 6. The summed E-state index contributed by atoms with van der Waals surface area (Å²) in [6, 6.07) is 6.56. The van der Waals surface area contributed by atoms with Gasteiger partial charge in [0.05, 0.1) is 19.7 Å². The van der Waals surface area contributed by atoms with Crippen LogP contribution in [0.5, 0.6) is 0 Å². The van der Waals surface area contributed by atoms with Crippen LogP contribution in [0.15, 0.2) is 30.5 Å². The molecule has 166 valence electrons. The lowest BCUT2D eigenvalue weighted by Crippen LogP contribution is -2.41. The molecule has 0 saturated carbocycles. The van der Waals surface area contributed by atoms with E-state index in [-0.39, 0.29) is 18.5 Å². The lowest BCUT2D eigenvalue weighted by atomic mass is 10.2. The summed E-state index contributed by atoms with van der Waals surface area (Å²) < 4.78 is 72.3. The molecule has 1 aromatic heterocycles. The minimum absolute atomic E-state index is 0.00184. The average molecular weight is 443 g/mol. The highest BCUT2D eigenvalue weighted by Gasteiger charge is 2.41. The Morgan fingerprint density at radius 1 is 1.10 bits per heavy atom. The highest BCUT2D eigenvalue weighted by molar-refractivity contribution is 5.95. The van der Waals surface area contributed by atoms with Gasteiger partial charge >= 0.3 is 6.18 Å². The fourth-order valence-electron chi connectivity index (χ4n) is 3.42. The van der Waals surface area contributed by atoms with E-state index in [2.05, 4.69) is 15.3 Å². The number of amides is 1. The predicted molar refractivity (Wildman–Crippen MR) is 102 cm³/mol. The third kappa shape index (κ3) is 4.53. The van der Waals surface area contributed by atoms with Gasteiger partial charge in [-0.2, -0.15) is 18.2 Å². The van der Waals surface area contributed by atoms with E-state index in [0.29, 0.717) is 30.7 Å².